The summed E-state index contributed by atoms with van der Waals surface area (Å²) in [7, 11) is 1.83. The third-order valence-electron chi connectivity index (χ3n) is 3.86. The third-order valence-corrected chi connectivity index (χ3v) is 3.86. The maximum atomic E-state index is 5.50. The van der Waals surface area contributed by atoms with E-state index in [1.54, 1.807) is 0 Å². The molecule has 1 aromatic rings. The summed E-state index contributed by atoms with van der Waals surface area (Å²) in [6, 6.07) is 9.28. The average Bonchev–Trinajstić information content (AvgIpc) is 2.41. The maximum Gasteiger partial charge on any atom is 0.0590 e. The van der Waals surface area contributed by atoms with Crippen molar-refractivity contribution in [3.05, 3.63) is 29.8 Å². The molecular formula is C16H25NO. The molecule has 1 aliphatic carbocycles. The molecule has 1 aromatic carbocycles. The summed E-state index contributed by atoms with van der Waals surface area (Å²) < 4.78 is 5.50. The van der Waals surface area contributed by atoms with Gasteiger partial charge in [0, 0.05) is 18.8 Å². The molecule has 0 radical (unpaired) electrons. The summed E-state index contributed by atoms with van der Waals surface area (Å²) in [5.41, 5.74) is 2.76. The van der Waals surface area contributed by atoms with E-state index in [2.05, 4.69) is 36.5 Å². The molecule has 2 rings (SSSR count). The Balaban J connectivity index is 1.99. The Bertz CT molecular complexity index is 364. The van der Waals surface area contributed by atoms with Crippen LogP contribution in [0.1, 0.15) is 44.6 Å². The van der Waals surface area contributed by atoms with Crippen LogP contribution in [0.2, 0.25) is 0 Å². The Morgan fingerprint density at radius 3 is 2.89 bits per heavy atom. The van der Waals surface area contributed by atoms with Gasteiger partial charge in [-0.3, -0.25) is 0 Å². The number of rotatable bonds is 5. The molecule has 0 amide bonds. The highest BCUT2D eigenvalue weighted by Gasteiger charge is 2.21. The topological polar surface area (TPSA) is 21.3 Å². The lowest BCUT2D eigenvalue weighted by atomic mass is 9.92. The van der Waals surface area contributed by atoms with Gasteiger partial charge < -0.3 is 10.1 Å². The number of para-hydroxylation sites is 1. The summed E-state index contributed by atoms with van der Waals surface area (Å²) in [4.78, 5) is 0. The van der Waals surface area contributed by atoms with Crippen molar-refractivity contribution < 1.29 is 4.74 Å². The zero-order chi connectivity index (χ0) is 12.8. The van der Waals surface area contributed by atoms with Crippen LogP contribution in [0, 0.1) is 0 Å². The lowest BCUT2D eigenvalue weighted by Crippen LogP contribution is -2.31. The van der Waals surface area contributed by atoms with Crippen molar-refractivity contribution in [3.63, 3.8) is 0 Å². The first-order chi connectivity index (χ1) is 8.83. The van der Waals surface area contributed by atoms with E-state index in [9.17, 15) is 0 Å². The number of methoxy groups -OCH3 is 1. The van der Waals surface area contributed by atoms with E-state index in [1.165, 1.54) is 36.9 Å². The second-order valence-electron chi connectivity index (χ2n) is 5.27. The summed E-state index contributed by atoms with van der Waals surface area (Å²) >= 11 is 0. The summed E-state index contributed by atoms with van der Waals surface area (Å²) in [6.07, 6.45) is 7.68. The van der Waals surface area contributed by atoms with Gasteiger partial charge in [0.15, 0.2) is 0 Å². The number of hydrogen-bond donors (Lipinski definition) is 1. The second-order valence-corrected chi connectivity index (χ2v) is 5.27. The molecule has 18 heavy (non-hydrogen) atoms. The molecule has 0 spiro atoms. The zero-order valence-electron chi connectivity index (χ0n) is 11.6. The fraction of sp³-hybridized carbons (Fsp3) is 0.625. The largest absolute Gasteiger partial charge is 0.382 e. The van der Waals surface area contributed by atoms with E-state index in [1.807, 2.05) is 7.11 Å². The first kappa shape index (κ1) is 13.4. The van der Waals surface area contributed by atoms with Crippen LogP contribution < -0.4 is 5.32 Å². The molecule has 0 heterocycles. The Kier molecular flexibility index (Phi) is 5.06. The van der Waals surface area contributed by atoms with Crippen molar-refractivity contribution >= 4 is 5.69 Å². The number of hydrogen-bond acceptors (Lipinski definition) is 2. The predicted molar refractivity (Wildman–Crippen MR) is 77.1 cm³/mol. The minimum atomic E-state index is 0.439. The van der Waals surface area contributed by atoms with Crippen LogP contribution in [0.15, 0.2) is 24.3 Å². The summed E-state index contributed by atoms with van der Waals surface area (Å²) in [5.74, 6) is 0. The average molecular weight is 247 g/mol. The molecule has 0 aromatic heterocycles. The molecule has 2 unspecified atom stereocenters. The molecule has 100 valence electrons. The smallest absolute Gasteiger partial charge is 0.0590 e. The van der Waals surface area contributed by atoms with Crippen molar-refractivity contribution in [1.82, 2.24) is 0 Å². The first-order valence-corrected chi connectivity index (χ1v) is 7.20. The number of benzene rings is 1. The summed E-state index contributed by atoms with van der Waals surface area (Å²) in [5, 5.41) is 3.72. The normalized spacial score (nSPS) is 23.9. The van der Waals surface area contributed by atoms with E-state index in [0.717, 1.165) is 12.8 Å². The van der Waals surface area contributed by atoms with E-state index >= 15 is 0 Å². The van der Waals surface area contributed by atoms with Crippen LogP contribution >= 0.6 is 0 Å². The van der Waals surface area contributed by atoms with E-state index in [4.69, 9.17) is 4.74 Å². The monoisotopic (exact) mass is 247 g/mol. The number of nitrogens with one attached hydrogen (secondary N) is 1. The van der Waals surface area contributed by atoms with Gasteiger partial charge in [-0.2, -0.15) is 0 Å². The fourth-order valence-corrected chi connectivity index (χ4v) is 2.86. The summed E-state index contributed by atoms with van der Waals surface area (Å²) in [6.45, 7) is 2.23. The van der Waals surface area contributed by atoms with Gasteiger partial charge in [0.2, 0.25) is 0 Å². The highest BCUT2D eigenvalue weighted by Crippen LogP contribution is 2.25. The van der Waals surface area contributed by atoms with E-state index in [0.29, 0.717) is 12.1 Å². The van der Waals surface area contributed by atoms with Gasteiger partial charge in [-0.05, 0) is 43.7 Å². The van der Waals surface area contributed by atoms with Crippen LogP contribution in [0.3, 0.4) is 0 Å². The van der Waals surface area contributed by atoms with Crippen LogP contribution in [0.5, 0.6) is 0 Å². The SMILES string of the molecule is CCCc1ccccc1NC1CCCC(OC)C1. The van der Waals surface area contributed by atoms with E-state index in [-0.39, 0.29) is 0 Å². The molecule has 1 aliphatic rings. The Labute approximate surface area is 111 Å². The minimum Gasteiger partial charge on any atom is -0.382 e. The molecule has 1 fully saturated rings. The van der Waals surface area contributed by atoms with Crippen molar-refractivity contribution in [2.75, 3.05) is 12.4 Å². The highest BCUT2D eigenvalue weighted by atomic mass is 16.5. The second kappa shape index (κ2) is 6.79. The molecule has 1 N–H and O–H groups in total. The first-order valence-electron chi connectivity index (χ1n) is 7.20. The zero-order valence-corrected chi connectivity index (χ0v) is 11.6. The Hall–Kier alpha value is -1.02. The highest BCUT2D eigenvalue weighted by molar-refractivity contribution is 5.51. The molecule has 2 heteroatoms. The number of anilines is 1. The minimum absolute atomic E-state index is 0.439. The third kappa shape index (κ3) is 3.49. The Morgan fingerprint density at radius 2 is 2.11 bits per heavy atom. The number of aryl methyl sites for hydroxylation is 1. The standard InChI is InChI=1S/C16H25NO/c1-3-7-13-8-4-5-11-16(13)17-14-9-6-10-15(12-14)18-2/h4-5,8,11,14-15,17H,3,6-7,9-10,12H2,1-2H3. The van der Waals surface area contributed by atoms with Gasteiger partial charge in [-0.25, -0.2) is 0 Å². The van der Waals surface area contributed by atoms with Gasteiger partial charge in [0.25, 0.3) is 0 Å². The van der Waals surface area contributed by atoms with Crippen molar-refractivity contribution in [2.24, 2.45) is 0 Å². The van der Waals surface area contributed by atoms with E-state index < -0.39 is 0 Å². The van der Waals surface area contributed by atoms with Crippen LogP contribution in [0.4, 0.5) is 5.69 Å². The molecule has 0 aliphatic heterocycles. The fourth-order valence-electron chi connectivity index (χ4n) is 2.86. The van der Waals surface area contributed by atoms with Gasteiger partial charge >= 0.3 is 0 Å². The molecule has 0 saturated heterocycles. The van der Waals surface area contributed by atoms with Crippen LogP contribution in [-0.2, 0) is 11.2 Å². The van der Waals surface area contributed by atoms with Crippen LogP contribution in [0.25, 0.3) is 0 Å². The van der Waals surface area contributed by atoms with Crippen molar-refractivity contribution in [2.45, 2.75) is 57.6 Å². The van der Waals surface area contributed by atoms with Crippen molar-refractivity contribution in [3.8, 4) is 0 Å². The van der Waals surface area contributed by atoms with Gasteiger partial charge in [0.05, 0.1) is 6.10 Å². The quantitative estimate of drug-likeness (QED) is 0.849. The lowest BCUT2D eigenvalue weighted by Gasteiger charge is -2.30. The van der Waals surface area contributed by atoms with Gasteiger partial charge in [-0.15, -0.1) is 0 Å². The Morgan fingerprint density at radius 1 is 1.28 bits per heavy atom. The maximum absolute atomic E-state index is 5.50. The molecule has 1 saturated carbocycles. The lowest BCUT2D eigenvalue weighted by molar-refractivity contribution is 0.0669. The van der Waals surface area contributed by atoms with Crippen LogP contribution in [-0.4, -0.2) is 19.3 Å². The molecule has 2 nitrogen and oxygen atoms in total. The van der Waals surface area contributed by atoms with Crippen molar-refractivity contribution in [1.29, 1.82) is 0 Å². The molecule has 2 atom stereocenters. The van der Waals surface area contributed by atoms with Gasteiger partial charge in [-0.1, -0.05) is 31.5 Å². The number of ether oxygens (including phenoxy) is 1. The predicted octanol–water partition coefficient (Wildman–Crippen LogP) is 4.01. The molecule has 0 bridgehead atoms. The molecular weight excluding hydrogens is 222 g/mol. The van der Waals surface area contributed by atoms with Gasteiger partial charge in [0.1, 0.15) is 0 Å².